The molecule has 3 rings (SSSR count). The Morgan fingerprint density at radius 1 is 1.22 bits per heavy atom. The summed E-state index contributed by atoms with van der Waals surface area (Å²) in [6.45, 7) is 4.99. The SMILES string of the molecule is CCc1oc(C(=O)Nc2cccc(C)c2C(=O)N2CCCC2)cc1C(=O)O. The molecule has 1 aromatic carbocycles. The highest BCUT2D eigenvalue weighted by molar-refractivity contribution is 6.09. The zero-order chi connectivity index (χ0) is 19.6. The summed E-state index contributed by atoms with van der Waals surface area (Å²) >= 11 is 0. The van der Waals surface area contributed by atoms with Crippen molar-refractivity contribution in [3.05, 3.63) is 52.5 Å². The molecule has 0 aliphatic carbocycles. The lowest BCUT2D eigenvalue weighted by atomic mass is 10.0. The highest BCUT2D eigenvalue weighted by Gasteiger charge is 2.25. The number of carboxylic acids is 1. The van der Waals surface area contributed by atoms with Gasteiger partial charge >= 0.3 is 5.97 Å². The van der Waals surface area contributed by atoms with Crippen molar-refractivity contribution in [1.82, 2.24) is 4.90 Å². The third kappa shape index (κ3) is 3.72. The molecule has 2 aromatic rings. The van der Waals surface area contributed by atoms with Crippen LogP contribution >= 0.6 is 0 Å². The normalized spacial score (nSPS) is 13.6. The van der Waals surface area contributed by atoms with E-state index >= 15 is 0 Å². The third-order valence-electron chi connectivity index (χ3n) is 4.71. The van der Waals surface area contributed by atoms with Gasteiger partial charge in [0.25, 0.3) is 11.8 Å². The van der Waals surface area contributed by atoms with E-state index in [1.165, 1.54) is 6.07 Å². The van der Waals surface area contributed by atoms with Gasteiger partial charge in [0.2, 0.25) is 0 Å². The minimum absolute atomic E-state index is 0.0275. The fraction of sp³-hybridized carbons (Fsp3) is 0.350. The van der Waals surface area contributed by atoms with Crippen LogP contribution in [0, 0.1) is 6.92 Å². The molecule has 1 aliphatic rings. The summed E-state index contributed by atoms with van der Waals surface area (Å²) in [7, 11) is 0. The number of rotatable bonds is 5. The zero-order valence-electron chi connectivity index (χ0n) is 15.4. The molecule has 0 radical (unpaired) electrons. The molecule has 1 saturated heterocycles. The molecule has 1 fully saturated rings. The van der Waals surface area contributed by atoms with Gasteiger partial charge in [-0.05, 0) is 31.4 Å². The van der Waals surface area contributed by atoms with Crippen LogP contribution in [0.3, 0.4) is 0 Å². The van der Waals surface area contributed by atoms with Crippen LogP contribution in [-0.4, -0.2) is 40.9 Å². The Hall–Kier alpha value is -3.09. The molecule has 7 heteroatoms. The predicted molar refractivity (Wildman–Crippen MR) is 99.3 cm³/mol. The second kappa shape index (κ2) is 7.65. The number of hydrogen-bond acceptors (Lipinski definition) is 4. The maximum absolute atomic E-state index is 12.9. The molecule has 2 N–H and O–H groups in total. The number of furan rings is 1. The molecule has 0 saturated carbocycles. The van der Waals surface area contributed by atoms with E-state index in [9.17, 15) is 19.5 Å². The molecule has 0 atom stereocenters. The number of benzene rings is 1. The molecule has 142 valence electrons. The number of likely N-dealkylation sites (tertiary alicyclic amines) is 1. The lowest BCUT2D eigenvalue weighted by molar-refractivity contribution is 0.0693. The number of hydrogen-bond donors (Lipinski definition) is 2. The van der Waals surface area contributed by atoms with E-state index in [1.807, 2.05) is 13.0 Å². The van der Waals surface area contributed by atoms with Crippen LogP contribution in [-0.2, 0) is 6.42 Å². The van der Waals surface area contributed by atoms with Crippen molar-refractivity contribution < 1.29 is 23.9 Å². The summed E-state index contributed by atoms with van der Waals surface area (Å²) in [4.78, 5) is 38.5. The van der Waals surface area contributed by atoms with Crippen LogP contribution in [0.2, 0.25) is 0 Å². The fourth-order valence-electron chi connectivity index (χ4n) is 3.30. The Morgan fingerprint density at radius 3 is 2.52 bits per heavy atom. The van der Waals surface area contributed by atoms with Crippen LogP contribution < -0.4 is 5.32 Å². The Labute approximate surface area is 157 Å². The minimum Gasteiger partial charge on any atom is -0.478 e. The van der Waals surface area contributed by atoms with Gasteiger partial charge in [0, 0.05) is 25.6 Å². The monoisotopic (exact) mass is 370 g/mol. The quantitative estimate of drug-likeness (QED) is 0.841. The van der Waals surface area contributed by atoms with Gasteiger partial charge in [-0.2, -0.15) is 0 Å². The molecule has 1 aromatic heterocycles. The van der Waals surface area contributed by atoms with E-state index in [1.54, 1.807) is 24.0 Å². The highest BCUT2D eigenvalue weighted by atomic mass is 16.4. The van der Waals surface area contributed by atoms with Crippen LogP contribution in [0.5, 0.6) is 0 Å². The van der Waals surface area contributed by atoms with Gasteiger partial charge in [-0.25, -0.2) is 4.79 Å². The Bertz CT molecular complexity index is 894. The van der Waals surface area contributed by atoms with Crippen molar-refractivity contribution in [2.45, 2.75) is 33.1 Å². The van der Waals surface area contributed by atoms with Crippen molar-refractivity contribution in [1.29, 1.82) is 0 Å². The average Bonchev–Trinajstić information content (AvgIpc) is 3.31. The first kappa shape index (κ1) is 18.7. The van der Waals surface area contributed by atoms with E-state index in [0.29, 0.717) is 30.8 Å². The number of amides is 2. The predicted octanol–water partition coefficient (Wildman–Crippen LogP) is 3.34. The van der Waals surface area contributed by atoms with Gasteiger partial charge in [0.05, 0.1) is 11.3 Å². The van der Waals surface area contributed by atoms with Crippen molar-refractivity contribution in [2.24, 2.45) is 0 Å². The van der Waals surface area contributed by atoms with Gasteiger partial charge < -0.3 is 19.7 Å². The van der Waals surface area contributed by atoms with Gasteiger partial charge in [0.15, 0.2) is 5.76 Å². The molecule has 0 unspecified atom stereocenters. The molecule has 7 nitrogen and oxygen atoms in total. The summed E-state index contributed by atoms with van der Waals surface area (Å²) in [6, 6.07) is 6.46. The molecule has 0 spiro atoms. The smallest absolute Gasteiger partial charge is 0.339 e. The third-order valence-corrected chi connectivity index (χ3v) is 4.71. The Balaban J connectivity index is 1.89. The molecular formula is C20H22N2O5. The van der Waals surface area contributed by atoms with Crippen molar-refractivity contribution in [3.63, 3.8) is 0 Å². The second-order valence-electron chi connectivity index (χ2n) is 6.56. The lowest BCUT2D eigenvalue weighted by Crippen LogP contribution is -2.29. The summed E-state index contributed by atoms with van der Waals surface area (Å²) in [5.74, 6) is -1.69. The van der Waals surface area contributed by atoms with Crippen LogP contribution in [0.25, 0.3) is 0 Å². The molecule has 1 aliphatic heterocycles. The number of carboxylic acid groups (broad SMARTS) is 1. The lowest BCUT2D eigenvalue weighted by Gasteiger charge is -2.19. The summed E-state index contributed by atoms with van der Waals surface area (Å²) in [5.41, 5.74) is 1.58. The maximum Gasteiger partial charge on any atom is 0.339 e. The van der Waals surface area contributed by atoms with E-state index in [0.717, 1.165) is 18.4 Å². The van der Waals surface area contributed by atoms with Crippen LogP contribution in [0.4, 0.5) is 5.69 Å². The van der Waals surface area contributed by atoms with Crippen LogP contribution in [0.15, 0.2) is 28.7 Å². The molecule has 0 bridgehead atoms. The number of aryl methyl sites for hydroxylation is 2. The fourth-order valence-corrected chi connectivity index (χ4v) is 3.30. The number of nitrogens with zero attached hydrogens (tertiary/aromatic N) is 1. The molecule has 27 heavy (non-hydrogen) atoms. The first-order valence-corrected chi connectivity index (χ1v) is 8.98. The zero-order valence-corrected chi connectivity index (χ0v) is 15.4. The summed E-state index contributed by atoms with van der Waals surface area (Å²) in [6.07, 6.45) is 2.31. The van der Waals surface area contributed by atoms with Crippen molar-refractivity contribution in [2.75, 3.05) is 18.4 Å². The topological polar surface area (TPSA) is 99.9 Å². The van der Waals surface area contributed by atoms with Crippen molar-refractivity contribution in [3.8, 4) is 0 Å². The number of nitrogens with one attached hydrogen (secondary N) is 1. The number of carbonyl (C=O) groups excluding carboxylic acids is 2. The Morgan fingerprint density at radius 2 is 1.93 bits per heavy atom. The Kier molecular flexibility index (Phi) is 5.30. The van der Waals surface area contributed by atoms with Gasteiger partial charge in [-0.3, -0.25) is 9.59 Å². The number of anilines is 1. The molecular weight excluding hydrogens is 348 g/mol. The van der Waals surface area contributed by atoms with E-state index in [2.05, 4.69) is 5.32 Å². The van der Waals surface area contributed by atoms with E-state index < -0.39 is 11.9 Å². The van der Waals surface area contributed by atoms with Gasteiger partial charge in [-0.1, -0.05) is 19.1 Å². The average molecular weight is 370 g/mol. The van der Waals surface area contributed by atoms with E-state index in [4.69, 9.17) is 4.42 Å². The highest BCUT2D eigenvalue weighted by Crippen LogP contribution is 2.25. The number of aromatic carboxylic acids is 1. The van der Waals surface area contributed by atoms with Gasteiger partial charge in [-0.15, -0.1) is 0 Å². The first-order chi connectivity index (χ1) is 12.9. The van der Waals surface area contributed by atoms with Gasteiger partial charge in [0.1, 0.15) is 11.3 Å². The largest absolute Gasteiger partial charge is 0.478 e. The summed E-state index contributed by atoms with van der Waals surface area (Å²) < 4.78 is 5.40. The second-order valence-corrected chi connectivity index (χ2v) is 6.56. The minimum atomic E-state index is -1.14. The maximum atomic E-state index is 12.9. The van der Waals surface area contributed by atoms with Crippen molar-refractivity contribution >= 4 is 23.5 Å². The van der Waals surface area contributed by atoms with Crippen LogP contribution in [0.1, 0.15) is 62.4 Å². The first-order valence-electron chi connectivity index (χ1n) is 8.98. The molecule has 2 heterocycles. The standard InChI is InChI=1S/C20H22N2O5/c1-3-15-13(20(25)26)11-16(27-15)18(23)21-14-8-6-7-12(2)17(14)19(24)22-9-4-5-10-22/h6-8,11H,3-5,9-10H2,1-2H3,(H,21,23)(H,25,26). The molecule has 2 amide bonds. The van der Waals surface area contributed by atoms with E-state index in [-0.39, 0.29) is 23.0 Å². The summed E-state index contributed by atoms with van der Waals surface area (Å²) in [5, 5.41) is 11.9. The number of carbonyl (C=O) groups is 3.